The highest BCUT2D eigenvalue weighted by Gasteiger charge is 2.07. The predicted molar refractivity (Wildman–Crippen MR) is 60.7 cm³/mol. The molecule has 0 aliphatic heterocycles. The Morgan fingerprint density at radius 1 is 1.38 bits per heavy atom. The molecule has 0 amide bonds. The van der Waals surface area contributed by atoms with Gasteiger partial charge in [-0.1, -0.05) is 0 Å². The van der Waals surface area contributed by atoms with Crippen molar-refractivity contribution in [2.24, 2.45) is 7.05 Å². The fourth-order valence-corrected chi connectivity index (χ4v) is 1.66. The van der Waals surface area contributed by atoms with Gasteiger partial charge in [-0.25, -0.2) is 0 Å². The van der Waals surface area contributed by atoms with Gasteiger partial charge in [0, 0.05) is 25.6 Å². The van der Waals surface area contributed by atoms with Gasteiger partial charge in [-0.15, -0.1) is 0 Å². The van der Waals surface area contributed by atoms with Gasteiger partial charge in [-0.2, -0.15) is 5.10 Å². The molecule has 0 bridgehead atoms. The van der Waals surface area contributed by atoms with Crippen molar-refractivity contribution >= 4 is 0 Å². The van der Waals surface area contributed by atoms with E-state index < -0.39 is 6.10 Å². The van der Waals surface area contributed by atoms with E-state index in [4.69, 9.17) is 0 Å². The second kappa shape index (κ2) is 4.90. The highest BCUT2D eigenvalue weighted by Crippen LogP contribution is 2.17. The van der Waals surface area contributed by atoms with Gasteiger partial charge < -0.3 is 5.11 Å². The fraction of sp³-hybridized carbons (Fsp3) is 0.333. The van der Waals surface area contributed by atoms with Crippen LogP contribution in [0.15, 0.2) is 36.9 Å². The average Bonchev–Trinajstić information content (AvgIpc) is 2.73. The number of aliphatic hydroxyl groups is 1. The van der Waals surface area contributed by atoms with Crippen LogP contribution in [0.4, 0.5) is 0 Å². The number of aryl methyl sites for hydroxylation is 2. The number of rotatable bonds is 4. The van der Waals surface area contributed by atoms with E-state index >= 15 is 0 Å². The zero-order valence-electron chi connectivity index (χ0n) is 9.24. The molecule has 16 heavy (non-hydrogen) atoms. The van der Waals surface area contributed by atoms with Crippen LogP contribution in [0, 0.1) is 0 Å². The minimum absolute atomic E-state index is 0.428. The molecule has 2 rings (SSSR count). The van der Waals surface area contributed by atoms with Gasteiger partial charge >= 0.3 is 0 Å². The third kappa shape index (κ3) is 2.67. The summed E-state index contributed by atoms with van der Waals surface area (Å²) in [5.41, 5.74) is 2.06. The molecule has 84 valence electrons. The van der Waals surface area contributed by atoms with Crippen molar-refractivity contribution in [1.29, 1.82) is 0 Å². The van der Waals surface area contributed by atoms with E-state index in [1.165, 1.54) is 0 Å². The van der Waals surface area contributed by atoms with E-state index in [1.807, 2.05) is 31.6 Å². The first-order valence-electron chi connectivity index (χ1n) is 5.31. The SMILES string of the molecule is Cn1cc(CCC(O)c2ccncc2)cn1. The maximum absolute atomic E-state index is 9.93. The molecule has 0 saturated heterocycles. The topological polar surface area (TPSA) is 50.9 Å². The highest BCUT2D eigenvalue weighted by atomic mass is 16.3. The lowest BCUT2D eigenvalue weighted by Crippen LogP contribution is -1.99. The molecule has 4 heteroatoms. The minimum atomic E-state index is -0.428. The summed E-state index contributed by atoms with van der Waals surface area (Å²) in [7, 11) is 1.89. The van der Waals surface area contributed by atoms with Crippen molar-refractivity contribution in [1.82, 2.24) is 14.8 Å². The Bertz CT molecular complexity index is 439. The smallest absolute Gasteiger partial charge is 0.0794 e. The summed E-state index contributed by atoms with van der Waals surface area (Å²) in [5, 5.41) is 14.0. The third-order valence-corrected chi connectivity index (χ3v) is 2.56. The van der Waals surface area contributed by atoms with Gasteiger partial charge in [0.1, 0.15) is 0 Å². The van der Waals surface area contributed by atoms with Crippen LogP contribution in [-0.2, 0) is 13.5 Å². The summed E-state index contributed by atoms with van der Waals surface area (Å²) >= 11 is 0. The van der Waals surface area contributed by atoms with Gasteiger partial charge in [-0.05, 0) is 36.1 Å². The van der Waals surface area contributed by atoms with Crippen molar-refractivity contribution < 1.29 is 5.11 Å². The molecule has 2 aromatic rings. The predicted octanol–water partition coefficient (Wildman–Crippen LogP) is 1.48. The molecule has 0 saturated carbocycles. The van der Waals surface area contributed by atoms with E-state index in [1.54, 1.807) is 17.1 Å². The standard InChI is InChI=1S/C12H15N3O/c1-15-9-10(8-14-15)2-3-12(16)11-4-6-13-7-5-11/h4-9,12,16H,2-3H2,1H3. The van der Waals surface area contributed by atoms with Crippen LogP contribution in [0.1, 0.15) is 23.7 Å². The largest absolute Gasteiger partial charge is 0.388 e. The van der Waals surface area contributed by atoms with Gasteiger partial charge in [0.05, 0.1) is 12.3 Å². The zero-order valence-corrected chi connectivity index (χ0v) is 9.24. The first kappa shape index (κ1) is 10.8. The summed E-state index contributed by atoms with van der Waals surface area (Å²) in [6.45, 7) is 0. The average molecular weight is 217 g/mol. The Morgan fingerprint density at radius 2 is 2.12 bits per heavy atom. The van der Waals surface area contributed by atoms with Crippen LogP contribution in [0.25, 0.3) is 0 Å². The fourth-order valence-electron chi connectivity index (χ4n) is 1.66. The molecular weight excluding hydrogens is 202 g/mol. The third-order valence-electron chi connectivity index (χ3n) is 2.56. The summed E-state index contributed by atoms with van der Waals surface area (Å²) in [6.07, 6.45) is 8.31. The van der Waals surface area contributed by atoms with Gasteiger partial charge in [0.2, 0.25) is 0 Å². The Labute approximate surface area is 94.6 Å². The van der Waals surface area contributed by atoms with Crippen molar-refractivity contribution in [2.75, 3.05) is 0 Å². The van der Waals surface area contributed by atoms with Crippen LogP contribution >= 0.6 is 0 Å². The molecule has 0 radical (unpaired) electrons. The first-order valence-corrected chi connectivity index (χ1v) is 5.31. The lowest BCUT2D eigenvalue weighted by molar-refractivity contribution is 0.167. The van der Waals surface area contributed by atoms with Crippen molar-refractivity contribution in [3.05, 3.63) is 48.0 Å². The molecule has 1 N–H and O–H groups in total. The van der Waals surface area contributed by atoms with E-state index in [2.05, 4.69) is 10.1 Å². The Balaban J connectivity index is 1.91. The Morgan fingerprint density at radius 3 is 2.75 bits per heavy atom. The summed E-state index contributed by atoms with van der Waals surface area (Å²) in [6, 6.07) is 3.68. The van der Waals surface area contributed by atoms with E-state index in [-0.39, 0.29) is 0 Å². The molecule has 0 spiro atoms. The van der Waals surface area contributed by atoms with Crippen LogP contribution in [0.5, 0.6) is 0 Å². The molecule has 0 aromatic carbocycles. The molecule has 4 nitrogen and oxygen atoms in total. The number of aromatic nitrogens is 3. The van der Waals surface area contributed by atoms with Crippen LogP contribution in [-0.4, -0.2) is 19.9 Å². The van der Waals surface area contributed by atoms with Crippen molar-refractivity contribution in [3.8, 4) is 0 Å². The summed E-state index contributed by atoms with van der Waals surface area (Å²) in [5.74, 6) is 0. The van der Waals surface area contributed by atoms with Gasteiger partial charge in [0.15, 0.2) is 0 Å². The number of aliphatic hydroxyl groups excluding tert-OH is 1. The molecule has 0 aliphatic carbocycles. The van der Waals surface area contributed by atoms with Crippen molar-refractivity contribution in [3.63, 3.8) is 0 Å². The summed E-state index contributed by atoms with van der Waals surface area (Å²) < 4.78 is 1.77. The Hall–Kier alpha value is -1.68. The first-order chi connectivity index (χ1) is 7.75. The quantitative estimate of drug-likeness (QED) is 0.844. The molecule has 0 fully saturated rings. The molecule has 1 unspecified atom stereocenters. The minimum Gasteiger partial charge on any atom is -0.388 e. The number of nitrogens with zero attached hydrogens (tertiary/aromatic N) is 3. The zero-order chi connectivity index (χ0) is 11.4. The molecule has 1 atom stereocenters. The van der Waals surface area contributed by atoms with E-state index in [9.17, 15) is 5.11 Å². The van der Waals surface area contributed by atoms with E-state index in [0.29, 0.717) is 6.42 Å². The second-order valence-corrected chi connectivity index (χ2v) is 3.86. The summed E-state index contributed by atoms with van der Waals surface area (Å²) in [4.78, 5) is 3.92. The highest BCUT2D eigenvalue weighted by molar-refractivity contribution is 5.14. The number of hydrogen-bond donors (Lipinski definition) is 1. The monoisotopic (exact) mass is 217 g/mol. The van der Waals surface area contributed by atoms with Gasteiger partial charge in [-0.3, -0.25) is 9.67 Å². The molecule has 2 aromatic heterocycles. The normalized spacial score (nSPS) is 12.6. The van der Waals surface area contributed by atoms with Crippen LogP contribution < -0.4 is 0 Å². The number of pyridine rings is 1. The maximum atomic E-state index is 9.93. The van der Waals surface area contributed by atoms with Crippen LogP contribution in [0.2, 0.25) is 0 Å². The van der Waals surface area contributed by atoms with Crippen LogP contribution in [0.3, 0.4) is 0 Å². The van der Waals surface area contributed by atoms with E-state index in [0.717, 1.165) is 17.5 Å². The molecule has 2 heterocycles. The molecule has 0 aliphatic rings. The lowest BCUT2D eigenvalue weighted by atomic mass is 10.0. The number of hydrogen-bond acceptors (Lipinski definition) is 3. The van der Waals surface area contributed by atoms with Crippen molar-refractivity contribution in [2.45, 2.75) is 18.9 Å². The molecular formula is C12H15N3O. The second-order valence-electron chi connectivity index (χ2n) is 3.86. The maximum Gasteiger partial charge on any atom is 0.0794 e. The lowest BCUT2D eigenvalue weighted by Gasteiger charge is -2.09. The van der Waals surface area contributed by atoms with Gasteiger partial charge in [0.25, 0.3) is 0 Å². The Kier molecular flexibility index (Phi) is 3.31.